The molecule has 124 valence electrons. The molecule has 0 aromatic carbocycles. The van der Waals surface area contributed by atoms with Gasteiger partial charge in [-0.05, 0) is 34.6 Å². The highest BCUT2D eigenvalue weighted by Crippen LogP contribution is 2.13. The second-order valence-electron chi connectivity index (χ2n) is 5.57. The maximum atomic E-state index is 11.9. The maximum absolute atomic E-state index is 11.9. The number of anilines is 1. The van der Waals surface area contributed by atoms with Crippen molar-refractivity contribution >= 4 is 28.6 Å². The molecule has 0 aliphatic heterocycles. The van der Waals surface area contributed by atoms with Gasteiger partial charge in [0.25, 0.3) is 0 Å². The molecule has 0 spiro atoms. The first-order chi connectivity index (χ1) is 10.2. The van der Waals surface area contributed by atoms with E-state index >= 15 is 0 Å². The molecule has 9 heteroatoms. The van der Waals surface area contributed by atoms with Crippen LogP contribution in [0.15, 0.2) is 0 Å². The normalized spacial score (nSPS) is 11.0. The summed E-state index contributed by atoms with van der Waals surface area (Å²) in [5.74, 6) is 0. The highest BCUT2D eigenvalue weighted by atomic mass is 32.1. The summed E-state index contributed by atoms with van der Waals surface area (Å²) in [5, 5.41) is 14.1. The van der Waals surface area contributed by atoms with Crippen molar-refractivity contribution in [2.75, 3.05) is 25.0 Å². The Balaban J connectivity index is 2.34. The molecule has 8 nitrogen and oxygen atoms in total. The minimum absolute atomic E-state index is 0.316. The zero-order valence-electron chi connectivity index (χ0n) is 13.6. The van der Waals surface area contributed by atoms with E-state index in [1.165, 1.54) is 16.2 Å². The molecule has 0 radical (unpaired) electrons. The number of aryl methyl sites for hydroxylation is 1. The summed E-state index contributed by atoms with van der Waals surface area (Å²) in [5.41, 5.74) is -0.537. The number of rotatable bonds is 5. The van der Waals surface area contributed by atoms with Crippen molar-refractivity contribution in [1.29, 1.82) is 0 Å². The average molecular weight is 329 g/mol. The lowest BCUT2D eigenvalue weighted by Gasteiger charge is -2.26. The number of carbonyl (C=O) groups excluding carboxylic acids is 2. The van der Waals surface area contributed by atoms with Crippen molar-refractivity contribution in [2.45, 2.75) is 40.2 Å². The van der Waals surface area contributed by atoms with Crippen LogP contribution in [0, 0.1) is 6.92 Å². The quantitative estimate of drug-likeness (QED) is 0.863. The molecule has 3 amide bonds. The Labute approximate surface area is 134 Å². The fourth-order valence-electron chi connectivity index (χ4n) is 1.50. The lowest BCUT2D eigenvalue weighted by atomic mass is 10.2. The van der Waals surface area contributed by atoms with Crippen molar-refractivity contribution in [3.63, 3.8) is 0 Å². The Hall–Kier alpha value is -1.90. The van der Waals surface area contributed by atoms with Crippen molar-refractivity contribution in [1.82, 2.24) is 20.4 Å². The van der Waals surface area contributed by atoms with E-state index in [0.29, 0.717) is 24.8 Å². The van der Waals surface area contributed by atoms with Crippen LogP contribution in [0.4, 0.5) is 14.7 Å². The Bertz CT molecular complexity index is 512. The highest BCUT2D eigenvalue weighted by Gasteiger charge is 2.20. The molecule has 0 aliphatic carbocycles. The Morgan fingerprint density at radius 2 is 2.00 bits per heavy atom. The van der Waals surface area contributed by atoms with Crippen LogP contribution in [0.1, 0.15) is 32.7 Å². The predicted molar refractivity (Wildman–Crippen MR) is 85.1 cm³/mol. The van der Waals surface area contributed by atoms with E-state index in [0.717, 1.165) is 5.01 Å². The van der Waals surface area contributed by atoms with Gasteiger partial charge < -0.3 is 15.0 Å². The Morgan fingerprint density at radius 3 is 2.50 bits per heavy atom. The third-order valence-electron chi connectivity index (χ3n) is 2.45. The number of aromatic nitrogens is 2. The van der Waals surface area contributed by atoms with Gasteiger partial charge in [0.05, 0.1) is 0 Å². The molecule has 0 saturated heterocycles. The number of amides is 3. The third kappa shape index (κ3) is 6.70. The summed E-state index contributed by atoms with van der Waals surface area (Å²) in [6.07, 6.45) is -0.392. The second kappa shape index (κ2) is 7.92. The average Bonchev–Trinajstić information content (AvgIpc) is 2.77. The van der Waals surface area contributed by atoms with Crippen molar-refractivity contribution in [3.8, 4) is 0 Å². The molecule has 2 N–H and O–H groups in total. The van der Waals surface area contributed by atoms with E-state index in [-0.39, 0.29) is 6.03 Å². The minimum Gasteiger partial charge on any atom is -0.444 e. The first kappa shape index (κ1) is 18.1. The lowest BCUT2D eigenvalue weighted by molar-refractivity contribution is 0.0263. The van der Waals surface area contributed by atoms with E-state index in [1.807, 2.05) is 27.7 Å². The molecule has 1 rings (SSSR count). The van der Waals surface area contributed by atoms with E-state index < -0.39 is 11.7 Å². The maximum Gasteiger partial charge on any atom is 0.410 e. The van der Waals surface area contributed by atoms with E-state index in [1.54, 1.807) is 6.92 Å². The molecule has 0 unspecified atom stereocenters. The monoisotopic (exact) mass is 329 g/mol. The largest absolute Gasteiger partial charge is 0.444 e. The topological polar surface area (TPSA) is 96.5 Å². The van der Waals surface area contributed by atoms with Crippen LogP contribution in [0.2, 0.25) is 0 Å². The van der Waals surface area contributed by atoms with Gasteiger partial charge in [-0.1, -0.05) is 11.3 Å². The molecule has 1 aromatic rings. The number of nitrogens with one attached hydrogen (secondary N) is 2. The van der Waals surface area contributed by atoms with Gasteiger partial charge in [0.15, 0.2) is 0 Å². The first-order valence-corrected chi connectivity index (χ1v) is 7.86. The fourth-order valence-corrected chi connectivity index (χ4v) is 2.08. The smallest absolute Gasteiger partial charge is 0.410 e. The van der Waals surface area contributed by atoms with Gasteiger partial charge >= 0.3 is 12.1 Å². The van der Waals surface area contributed by atoms with Gasteiger partial charge in [-0.25, -0.2) is 9.59 Å². The summed E-state index contributed by atoms with van der Waals surface area (Å²) >= 11 is 1.29. The highest BCUT2D eigenvalue weighted by molar-refractivity contribution is 7.15. The summed E-state index contributed by atoms with van der Waals surface area (Å²) < 4.78 is 5.29. The van der Waals surface area contributed by atoms with Gasteiger partial charge in [-0.15, -0.1) is 10.2 Å². The molecular weight excluding hydrogens is 306 g/mol. The van der Waals surface area contributed by atoms with Crippen LogP contribution in [0.3, 0.4) is 0 Å². The van der Waals surface area contributed by atoms with Gasteiger partial charge in [0.2, 0.25) is 5.13 Å². The van der Waals surface area contributed by atoms with Gasteiger partial charge in [0.1, 0.15) is 10.6 Å². The van der Waals surface area contributed by atoms with E-state index in [9.17, 15) is 9.59 Å². The van der Waals surface area contributed by atoms with E-state index in [4.69, 9.17) is 4.74 Å². The molecule has 0 bridgehead atoms. The number of ether oxygens (including phenoxy) is 1. The van der Waals surface area contributed by atoms with Crippen molar-refractivity contribution in [2.24, 2.45) is 0 Å². The Kier molecular flexibility index (Phi) is 6.54. The Morgan fingerprint density at radius 1 is 1.32 bits per heavy atom. The lowest BCUT2D eigenvalue weighted by Crippen LogP contribution is -2.42. The summed E-state index contributed by atoms with van der Waals surface area (Å²) in [4.78, 5) is 25.1. The molecule has 22 heavy (non-hydrogen) atoms. The molecule has 1 aromatic heterocycles. The third-order valence-corrected chi connectivity index (χ3v) is 3.20. The number of nitrogens with zero attached hydrogens (tertiary/aromatic N) is 3. The number of hydrogen-bond donors (Lipinski definition) is 2. The SMILES string of the molecule is CCN(CCNC(=O)Nc1nnc(C)s1)C(=O)OC(C)(C)C. The molecule has 1 heterocycles. The number of hydrogen-bond acceptors (Lipinski definition) is 6. The fraction of sp³-hybridized carbons (Fsp3) is 0.692. The van der Waals surface area contributed by atoms with Crippen LogP contribution in [0.25, 0.3) is 0 Å². The van der Waals surface area contributed by atoms with Crippen LogP contribution in [0.5, 0.6) is 0 Å². The molecule has 0 saturated carbocycles. The van der Waals surface area contributed by atoms with Crippen molar-refractivity contribution in [3.05, 3.63) is 5.01 Å². The second-order valence-corrected chi connectivity index (χ2v) is 6.75. The molecular formula is C13H23N5O3S. The minimum atomic E-state index is -0.537. The zero-order valence-corrected chi connectivity index (χ0v) is 14.4. The van der Waals surface area contributed by atoms with Crippen LogP contribution in [-0.2, 0) is 4.74 Å². The summed E-state index contributed by atoms with van der Waals surface area (Å²) in [6, 6.07) is -0.378. The van der Waals surface area contributed by atoms with Crippen LogP contribution in [-0.4, -0.2) is 52.5 Å². The van der Waals surface area contributed by atoms with Crippen LogP contribution < -0.4 is 10.6 Å². The summed E-state index contributed by atoms with van der Waals surface area (Å²) in [7, 11) is 0. The van der Waals surface area contributed by atoms with Crippen molar-refractivity contribution < 1.29 is 14.3 Å². The number of likely N-dealkylation sites (N-methyl/N-ethyl adjacent to an activating group) is 1. The summed E-state index contributed by atoms with van der Waals surface area (Å²) in [6.45, 7) is 10.3. The zero-order chi connectivity index (χ0) is 16.8. The molecule has 0 atom stereocenters. The number of urea groups is 1. The van der Waals surface area contributed by atoms with Gasteiger partial charge in [-0.2, -0.15) is 0 Å². The molecule has 0 fully saturated rings. The first-order valence-electron chi connectivity index (χ1n) is 7.04. The molecule has 0 aliphatic rings. The predicted octanol–water partition coefficient (Wildman–Crippen LogP) is 2.23. The van der Waals surface area contributed by atoms with Crippen LogP contribution >= 0.6 is 11.3 Å². The number of carbonyl (C=O) groups is 2. The van der Waals surface area contributed by atoms with Gasteiger partial charge in [-0.3, -0.25) is 5.32 Å². The van der Waals surface area contributed by atoms with Gasteiger partial charge in [0, 0.05) is 19.6 Å². The standard InChI is InChI=1S/C13H23N5O3S/c1-6-18(12(20)21-13(3,4)5)8-7-14-10(19)15-11-17-16-9(2)22-11/h6-8H2,1-5H3,(H2,14,15,17,19). The van der Waals surface area contributed by atoms with E-state index in [2.05, 4.69) is 20.8 Å².